The second-order valence-corrected chi connectivity index (χ2v) is 4.67. The first kappa shape index (κ1) is 11.3. The normalized spacial score (nSPS) is 24.4. The standard InChI is InChI=1S/C14H19NO/c1-11-10-14(16)8-9-15(11)12(2)13-6-4-3-5-7-13/h3-7,11-12H,8-10H2,1-2H3/t11-,12?/m1/s1. The van der Waals surface area contributed by atoms with Gasteiger partial charge in [-0.05, 0) is 19.4 Å². The van der Waals surface area contributed by atoms with E-state index in [0.29, 0.717) is 30.7 Å². The molecular formula is C14H19NO. The summed E-state index contributed by atoms with van der Waals surface area (Å²) in [6, 6.07) is 11.3. The van der Waals surface area contributed by atoms with Crippen LogP contribution in [0.25, 0.3) is 0 Å². The van der Waals surface area contributed by atoms with Crippen LogP contribution >= 0.6 is 0 Å². The molecule has 86 valence electrons. The highest BCUT2D eigenvalue weighted by molar-refractivity contribution is 5.79. The number of piperidine rings is 1. The highest BCUT2D eigenvalue weighted by Crippen LogP contribution is 2.26. The molecule has 0 radical (unpaired) electrons. The highest BCUT2D eigenvalue weighted by atomic mass is 16.1. The SMILES string of the molecule is CC(c1ccccc1)N1CCC(=O)C[C@H]1C. The second-order valence-electron chi connectivity index (χ2n) is 4.67. The first-order valence-electron chi connectivity index (χ1n) is 6.01. The Morgan fingerprint density at radius 3 is 2.62 bits per heavy atom. The third kappa shape index (κ3) is 2.33. The fourth-order valence-electron chi connectivity index (χ4n) is 2.52. The number of ketones is 1. The van der Waals surface area contributed by atoms with Crippen molar-refractivity contribution in [1.82, 2.24) is 4.90 Å². The van der Waals surface area contributed by atoms with E-state index < -0.39 is 0 Å². The lowest BCUT2D eigenvalue weighted by Crippen LogP contribution is -2.42. The lowest BCUT2D eigenvalue weighted by Gasteiger charge is -2.37. The number of hydrogen-bond acceptors (Lipinski definition) is 2. The van der Waals surface area contributed by atoms with Gasteiger partial charge in [0.25, 0.3) is 0 Å². The van der Waals surface area contributed by atoms with Gasteiger partial charge >= 0.3 is 0 Å². The van der Waals surface area contributed by atoms with Crippen molar-refractivity contribution in [2.24, 2.45) is 0 Å². The molecule has 0 aliphatic carbocycles. The number of rotatable bonds is 2. The fourth-order valence-corrected chi connectivity index (χ4v) is 2.52. The van der Waals surface area contributed by atoms with Gasteiger partial charge < -0.3 is 0 Å². The summed E-state index contributed by atoms with van der Waals surface area (Å²) >= 11 is 0. The zero-order valence-electron chi connectivity index (χ0n) is 10.0. The van der Waals surface area contributed by atoms with E-state index in [9.17, 15) is 4.79 Å². The molecule has 16 heavy (non-hydrogen) atoms. The van der Waals surface area contributed by atoms with Gasteiger partial charge in [-0.1, -0.05) is 30.3 Å². The third-order valence-electron chi connectivity index (χ3n) is 3.52. The first-order chi connectivity index (χ1) is 7.68. The first-order valence-corrected chi connectivity index (χ1v) is 6.01. The fraction of sp³-hybridized carbons (Fsp3) is 0.500. The quantitative estimate of drug-likeness (QED) is 0.759. The third-order valence-corrected chi connectivity index (χ3v) is 3.52. The Hall–Kier alpha value is -1.15. The Morgan fingerprint density at radius 2 is 2.00 bits per heavy atom. The molecule has 0 bridgehead atoms. The minimum Gasteiger partial charge on any atom is -0.300 e. The van der Waals surface area contributed by atoms with Crippen LogP contribution in [0.4, 0.5) is 0 Å². The van der Waals surface area contributed by atoms with E-state index in [1.807, 2.05) is 6.07 Å². The molecule has 0 amide bonds. The maximum atomic E-state index is 11.4. The molecule has 1 aliphatic heterocycles. The summed E-state index contributed by atoms with van der Waals surface area (Å²) in [6.45, 7) is 5.27. The van der Waals surface area contributed by atoms with E-state index in [0.717, 1.165) is 6.54 Å². The number of benzene rings is 1. The molecule has 2 heteroatoms. The minimum absolute atomic E-state index is 0.372. The van der Waals surface area contributed by atoms with Crippen LogP contribution < -0.4 is 0 Å². The predicted molar refractivity (Wildman–Crippen MR) is 65.3 cm³/mol. The van der Waals surface area contributed by atoms with E-state index in [1.54, 1.807) is 0 Å². The van der Waals surface area contributed by atoms with E-state index in [-0.39, 0.29) is 0 Å². The van der Waals surface area contributed by atoms with Crippen LogP contribution in [0, 0.1) is 0 Å². The summed E-state index contributed by atoms with van der Waals surface area (Å²) in [7, 11) is 0. The van der Waals surface area contributed by atoms with Crippen LogP contribution in [-0.2, 0) is 4.79 Å². The molecule has 1 aromatic carbocycles. The van der Waals surface area contributed by atoms with Gasteiger partial charge in [0.15, 0.2) is 0 Å². The van der Waals surface area contributed by atoms with Crippen molar-refractivity contribution in [3.05, 3.63) is 35.9 Å². The molecule has 1 fully saturated rings. The lowest BCUT2D eigenvalue weighted by molar-refractivity contribution is -0.123. The van der Waals surface area contributed by atoms with Crippen LogP contribution in [0.5, 0.6) is 0 Å². The molecule has 2 rings (SSSR count). The predicted octanol–water partition coefficient (Wildman–Crippen LogP) is 2.80. The number of Topliss-reactive ketones (excluding diaryl/α,β-unsaturated/α-hetero) is 1. The lowest BCUT2D eigenvalue weighted by atomic mass is 9.97. The van der Waals surface area contributed by atoms with Crippen molar-refractivity contribution < 1.29 is 4.79 Å². The maximum absolute atomic E-state index is 11.4. The number of carbonyl (C=O) groups excluding carboxylic acids is 1. The van der Waals surface area contributed by atoms with Crippen LogP contribution in [-0.4, -0.2) is 23.3 Å². The molecule has 1 aromatic rings. The minimum atomic E-state index is 0.372. The van der Waals surface area contributed by atoms with E-state index in [4.69, 9.17) is 0 Å². The average Bonchev–Trinajstić information content (AvgIpc) is 2.29. The molecular weight excluding hydrogens is 198 g/mol. The molecule has 1 heterocycles. The van der Waals surface area contributed by atoms with Crippen molar-refractivity contribution in [3.63, 3.8) is 0 Å². The van der Waals surface area contributed by atoms with Crippen LogP contribution in [0.2, 0.25) is 0 Å². The Labute approximate surface area is 97.3 Å². The number of carbonyl (C=O) groups is 1. The molecule has 0 spiro atoms. The Kier molecular flexibility index (Phi) is 3.39. The maximum Gasteiger partial charge on any atom is 0.135 e. The molecule has 1 aliphatic rings. The Balaban J connectivity index is 2.10. The van der Waals surface area contributed by atoms with Crippen molar-refractivity contribution in [2.75, 3.05) is 6.54 Å². The molecule has 1 saturated heterocycles. The van der Waals surface area contributed by atoms with Gasteiger partial charge in [0.05, 0.1) is 0 Å². The van der Waals surface area contributed by atoms with Gasteiger partial charge in [-0.15, -0.1) is 0 Å². The number of hydrogen-bond donors (Lipinski definition) is 0. The number of likely N-dealkylation sites (tertiary alicyclic amines) is 1. The van der Waals surface area contributed by atoms with Crippen molar-refractivity contribution in [1.29, 1.82) is 0 Å². The molecule has 1 unspecified atom stereocenters. The zero-order valence-corrected chi connectivity index (χ0v) is 10.0. The van der Waals surface area contributed by atoms with E-state index >= 15 is 0 Å². The van der Waals surface area contributed by atoms with Crippen molar-refractivity contribution in [3.8, 4) is 0 Å². The molecule has 0 N–H and O–H groups in total. The van der Waals surface area contributed by atoms with Gasteiger partial charge in [0.1, 0.15) is 5.78 Å². The molecule has 2 atom stereocenters. The summed E-state index contributed by atoms with van der Waals surface area (Å²) in [5, 5.41) is 0. The second kappa shape index (κ2) is 4.79. The topological polar surface area (TPSA) is 20.3 Å². The summed E-state index contributed by atoms with van der Waals surface area (Å²) in [5.41, 5.74) is 1.34. The van der Waals surface area contributed by atoms with Gasteiger partial charge in [-0.25, -0.2) is 0 Å². The molecule has 0 saturated carbocycles. The van der Waals surface area contributed by atoms with Gasteiger partial charge in [0, 0.05) is 31.5 Å². The summed E-state index contributed by atoms with van der Waals surface area (Å²) in [4.78, 5) is 13.8. The van der Waals surface area contributed by atoms with Gasteiger partial charge in [-0.2, -0.15) is 0 Å². The summed E-state index contributed by atoms with van der Waals surface area (Å²) in [5.74, 6) is 0.406. The average molecular weight is 217 g/mol. The van der Waals surface area contributed by atoms with Crippen LogP contribution in [0.1, 0.15) is 38.3 Å². The van der Waals surface area contributed by atoms with Gasteiger partial charge in [-0.3, -0.25) is 9.69 Å². The van der Waals surface area contributed by atoms with E-state index in [2.05, 4.69) is 43.0 Å². The Bertz CT molecular complexity index is 360. The summed E-state index contributed by atoms with van der Waals surface area (Å²) < 4.78 is 0. The van der Waals surface area contributed by atoms with Crippen LogP contribution in [0.3, 0.4) is 0 Å². The summed E-state index contributed by atoms with van der Waals surface area (Å²) in [6.07, 6.45) is 1.42. The van der Waals surface area contributed by atoms with Gasteiger partial charge in [0.2, 0.25) is 0 Å². The smallest absolute Gasteiger partial charge is 0.135 e. The largest absolute Gasteiger partial charge is 0.300 e. The van der Waals surface area contributed by atoms with Crippen LogP contribution in [0.15, 0.2) is 30.3 Å². The monoisotopic (exact) mass is 217 g/mol. The van der Waals surface area contributed by atoms with E-state index in [1.165, 1.54) is 5.56 Å². The number of nitrogens with zero attached hydrogens (tertiary/aromatic N) is 1. The molecule has 2 nitrogen and oxygen atoms in total. The molecule has 0 aromatic heterocycles. The van der Waals surface area contributed by atoms with Crippen molar-refractivity contribution in [2.45, 2.75) is 38.8 Å². The van der Waals surface area contributed by atoms with Crippen molar-refractivity contribution >= 4 is 5.78 Å². The zero-order chi connectivity index (χ0) is 11.5. The highest BCUT2D eigenvalue weighted by Gasteiger charge is 2.27. The Morgan fingerprint density at radius 1 is 1.31 bits per heavy atom.